The number of anilines is 1. The second kappa shape index (κ2) is 3.73. The summed E-state index contributed by atoms with van der Waals surface area (Å²) in [6.07, 6.45) is 4.98. The number of nitrogen functional groups attached to an aromatic ring is 1. The lowest BCUT2D eigenvalue weighted by Gasteiger charge is -2.16. The minimum absolute atomic E-state index is 0.0138. The monoisotopic (exact) mass is 247 g/mol. The van der Waals surface area contributed by atoms with E-state index in [2.05, 4.69) is 35.7 Å². The van der Waals surface area contributed by atoms with Crippen molar-refractivity contribution in [1.29, 1.82) is 0 Å². The summed E-state index contributed by atoms with van der Waals surface area (Å²) in [6, 6.07) is 0.492. The molecule has 5 heteroatoms. The van der Waals surface area contributed by atoms with Crippen LogP contribution in [0.25, 0.3) is 11.0 Å². The number of aromatic amines is 1. The molecule has 0 radical (unpaired) electrons. The average molecular weight is 247 g/mol. The molecule has 2 aromatic rings. The van der Waals surface area contributed by atoms with E-state index in [1.165, 1.54) is 25.7 Å². The molecule has 2 aromatic heterocycles. The number of fused-ring (bicyclic) bond motifs is 1. The molecule has 0 bridgehead atoms. The van der Waals surface area contributed by atoms with Crippen LogP contribution >= 0.6 is 0 Å². The molecule has 98 valence electrons. The molecule has 0 spiro atoms. The Morgan fingerprint density at radius 1 is 1.28 bits per heavy atom. The predicted molar refractivity (Wildman–Crippen MR) is 72.5 cm³/mol. The molecule has 0 aliphatic heterocycles. The number of rotatable bonds is 1. The van der Waals surface area contributed by atoms with Crippen molar-refractivity contribution in [2.45, 2.75) is 57.9 Å². The normalized spacial score (nSPS) is 17.9. The van der Waals surface area contributed by atoms with Crippen molar-refractivity contribution < 1.29 is 0 Å². The van der Waals surface area contributed by atoms with Gasteiger partial charge in [0.25, 0.3) is 0 Å². The minimum atomic E-state index is -0.0138. The Balaban J connectivity index is 2.21. The highest BCUT2D eigenvalue weighted by Gasteiger charge is 2.29. The van der Waals surface area contributed by atoms with Gasteiger partial charge in [0.05, 0.1) is 17.1 Å². The number of nitrogens with zero attached hydrogens (tertiary/aromatic N) is 3. The fourth-order valence-corrected chi connectivity index (χ4v) is 2.88. The molecule has 18 heavy (non-hydrogen) atoms. The van der Waals surface area contributed by atoms with Gasteiger partial charge in [-0.05, 0) is 12.8 Å². The number of nitrogens with two attached hydrogens (primary N) is 1. The van der Waals surface area contributed by atoms with Gasteiger partial charge < -0.3 is 5.73 Å². The summed E-state index contributed by atoms with van der Waals surface area (Å²) in [6.45, 7) is 6.50. The Morgan fingerprint density at radius 2 is 1.94 bits per heavy atom. The van der Waals surface area contributed by atoms with Crippen LogP contribution in [0.5, 0.6) is 0 Å². The zero-order chi connectivity index (χ0) is 12.9. The first-order valence-corrected chi connectivity index (χ1v) is 6.71. The Hall–Kier alpha value is -1.52. The molecule has 0 saturated heterocycles. The van der Waals surface area contributed by atoms with Crippen LogP contribution in [-0.2, 0) is 5.41 Å². The molecule has 2 heterocycles. The third-order valence-electron chi connectivity index (χ3n) is 3.82. The zero-order valence-electron chi connectivity index (χ0n) is 11.3. The summed E-state index contributed by atoms with van der Waals surface area (Å²) in [5.74, 6) is 0.638. The van der Waals surface area contributed by atoms with E-state index in [1.807, 2.05) is 0 Å². The van der Waals surface area contributed by atoms with E-state index in [0.29, 0.717) is 11.9 Å². The Bertz CT molecular complexity index is 566. The molecule has 1 aliphatic carbocycles. The van der Waals surface area contributed by atoms with E-state index in [-0.39, 0.29) is 5.41 Å². The van der Waals surface area contributed by atoms with E-state index in [9.17, 15) is 0 Å². The number of nitrogens with one attached hydrogen (secondary N) is 1. The predicted octanol–water partition coefficient (Wildman–Crippen LogP) is 2.75. The Labute approximate surface area is 107 Å². The van der Waals surface area contributed by atoms with Crippen molar-refractivity contribution in [3.8, 4) is 0 Å². The lowest BCUT2D eigenvalue weighted by molar-refractivity contribution is 0.457. The van der Waals surface area contributed by atoms with Crippen LogP contribution in [0.15, 0.2) is 0 Å². The zero-order valence-corrected chi connectivity index (χ0v) is 11.3. The highest BCUT2D eigenvalue weighted by molar-refractivity contribution is 5.89. The minimum Gasteiger partial charge on any atom is -0.383 e. The molecule has 1 saturated carbocycles. The first kappa shape index (κ1) is 11.6. The first-order valence-electron chi connectivity index (χ1n) is 6.71. The van der Waals surface area contributed by atoms with Gasteiger partial charge in [0.1, 0.15) is 5.82 Å². The molecule has 3 rings (SSSR count). The van der Waals surface area contributed by atoms with Crippen LogP contribution in [0, 0.1) is 0 Å². The van der Waals surface area contributed by atoms with Gasteiger partial charge in [-0.2, -0.15) is 10.2 Å². The van der Waals surface area contributed by atoms with Crippen molar-refractivity contribution in [3.63, 3.8) is 0 Å². The van der Waals surface area contributed by atoms with Crippen molar-refractivity contribution in [2.75, 3.05) is 5.73 Å². The molecule has 3 N–H and O–H groups in total. The number of hydrogen-bond donors (Lipinski definition) is 2. The number of aromatic nitrogens is 4. The number of H-pyrrole nitrogens is 1. The maximum atomic E-state index is 6.01. The van der Waals surface area contributed by atoms with Crippen molar-refractivity contribution in [1.82, 2.24) is 20.0 Å². The summed E-state index contributed by atoms with van der Waals surface area (Å²) < 4.78 is 2.09. The van der Waals surface area contributed by atoms with Crippen LogP contribution in [-0.4, -0.2) is 20.0 Å². The van der Waals surface area contributed by atoms with Crippen molar-refractivity contribution >= 4 is 16.9 Å². The Morgan fingerprint density at radius 3 is 2.56 bits per heavy atom. The van der Waals surface area contributed by atoms with Crippen LogP contribution in [0.3, 0.4) is 0 Å². The quantitative estimate of drug-likeness (QED) is 0.813. The van der Waals surface area contributed by atoms with Crippen molar-refractivity contribution in [2.24, 2.45) is 0 Å². The van der Waals surface area contributed by atoms with E-state index in [1.54, 1.807) is 0 Å². The van der Waals surface area contributed by atoms with Crippen LogP contribution < -0.4 is 5.73 Å². The van der Waals surface area contributed by atoms with Gasteiger partial charge in [-0.1, -0.05) is 33.6 Å². The standard InChI is InChI=1S/C13H21N5/c1-13(2,3)10-9-11(14)15-16-12(9)18(17-10)8-6-4-5-7-8/h8H,4-7H2,1-3H3,(H3,14,15,16). The van der Waals surface area contributed by atoms with E-state index >= 15 is 0 Å². The van der Waals surface area contributed by atoms with E-state index in [0.717, 1.165) is 16.7 Å². The second-order valence-corrected chi connectivity index (χ2v) is 6.32. The fourth-order valence-electron chi connectivity index (χ4n) is 2.88. The van der Waals surface area contributed by atoms with E-state index in [4.69, 9.17) is 10.8 Å². The fraction of sp³-hybridized carbons (Fsp3) is 0.692. The summed E-state index contributed by atoms with van der Waals surface area (Å²) in [5, 5.41) is 13.1. The molecule has 1 fully saturated rings. The summed E-state index contributed by atoms with van der Waals surface area (Å²) in [4.78, 5) is 0. The Kier molecular flexibility index (Phi) is 2.40. The lowest BCUT2D eigenvalue weighted by Crippen LogP contribution is -2.15. The van der Waals surface area contributed by atoms with Crippen LogP contribution in [0.1, 0.15) is 58.2 Å². The lowest BCUT2D eigenvalue weighted by atomic mass is 9.91. The van der Waals surface area contributed by atoms with Gasteiger partial charge in [0.2, 0.25) is 0 Å². The van der Waals surface area contributed by atoms with Crippen LogP contribution in [0.4, 0.5) is 5.82 Å². The molecule has 1 aliphatic rings. The molecule has 5 nitrogen and oxygen atoms in total. The highest BCUT2D eigenvalue weighted by atomic mass is 15.4. The van der Waals surface area contributed by atoms with Gasteiger partial charge in [-0.15, -0.1) is 0 Å². The highest BCUT2D eigenvalue weighted by Crippen LogP contribution is 2.36. The van der Waals surface area contributed by atoms with E-state index < -0.39 is 0 Å². The van der Waals surface area contributed by atoms with Crippen molar-refractivity contribution in [3.05, 3.63) is 5.69 Å². The third-order valence-corrected chi connectivity index (χ3v) is 3.82. The van der Waals surface area contributed by atoms with Gasteiger partial charge in [-0.25, -0.2) is 4.68 Å². The molecule has 0 unspecified atom stereocenters. The molecular weight excluding hydrogens is 226 g/mol. The topological polar surface area (TPSA) is 72.5 Å². The number of hydrogen-bond acceptors (Lipinski definition) is 3. The van der Waals surface area contributed by atoms with Gasteiger partial charge in [0.15, 0.2) is 5.65 Å². The van der Waals surface area contributed by atoms with Gasteiger partial charge in [-0.3, -0.25) is 5.10 Å². The smallest absolute Gasteiger partial charge is 0.182 e. The maximum absolute atomic E-state index is 6.01. The van der Waals surface area contributed by atoms with Crippen LogP contribution in [0.2, 0.25) is 0 Å². The molecule has 0 amide bonds. The van der Waals surface area contributed by atoms with Gasteiger partial charge >= 0.3 is 0 Å². The third kappa shape index (κ3) is 1.61. The summed E-state index contributed by atoms with van der Waals surface area (Å²) >= 11 is 0. The first-order chi connectivity index (χ1) is 8.48. The SMILES string of the molecule is CC(C)(C)c1nn(C2CCCC2)c2n[nH]c(N)c12. The van der Waals surface area contributed by atoms with Gasteiger partial charge in [0, 0.05) is 5.41 Å². The molecule has 0 atom stereocenters. The second-order valence-electron chi connectivity index (χ2n) is 6.32. The molecule has 0 aromatic carbocycles. The maximum Gasteiger partial charge on any atom is 0.182 e. The summed E-state index contributed by atoms with van der Waals surface area (Å²) in [5.41, 5.74) is 7.97. The largest absolute Gasteiger partial charge is 0.383 e. The molecular formula is C13H21N5. The average Bonchev–Trinajstić information content (AvgIpc) is 2.94. The summed E-state index contributed by atoms with van der Waals surface area (Å²) in [7, 11) is 0.